The SMILES string of the molecule is [CH2-]C[Si](C)(OC(C)C)c1ccccc1.[I-].[Mg+2]. The molecular weight excluding hydrogens is 339 g/mol. The number of hydrogen-bond acceptors (Lipinski definition) is 1. The van der Waals surface area contributed by atoms with Gasteiger partial charge in [-0.1, -0.05) is 30.3 Å². The molecule has 1 rings (SSSR count). The third-order valence-electron chi connectivity index (χ3n) is 2.36. The molecule has 0 aliphatic carbocycles. The van der Waals surface area contributed by atoms with Crippen LogP contribution in [-0.2, 0) is 4.43 Å². The summed E-state index contributed by atoms with van der Waals surface area (Å²) in [5.41, 5.74) is 0. The predicted molar refractivity (Wildman–Crippen MR) is 69.8 cm³/mol. The molecule has 0 fully saturated rings. The molecule has 1 atom stereocenters. The van der Waals surface area contributed by atoms with Crippen LogP contribution in [0.15, 0.2) is 30.3 Å². The van der Waals surface area contributed by atoms with Crippen molar-refractivity contribution in [2.75, 3.05) is 0 Å². The summed E-state index contributed by atoms with van der Waals surface area (Å²) in [5.74, 6) is 0. The molecule has 0 saturated carbocycles. The second-order valence-electron chi connectivity index (χ2n) is 4.01. The van der Waals surface area contributed by atoms with E-state index >= 15 is 0 Å². The average Bonchev–Trinajstić information content (AvgIpc) is 2.18. The van der Waals surface area contributed by atoms with Crippen molar-refractivity contribution in [1.29, 1.82) is 0 Å². The third kappa shape index (κ3) is 5.48. The molecule has 0 bridgehead atoms. The van der Waals surface area contributed by atoms with Gasteiger partial charge in [-0.3, -0.25) is 0 Å². The summed E-state index contributed by atoms with van der Waals surface area (Å²) in [6, 6.07) is 11.4. The zero-order valence-corrected chi connectivity index (χ0v) is 14.9. The molecule has 4 heteroatoms. The Hall–Kier alpha value is 0.893. The van der Waals surface area contributed by atoms with Crippen LogP contribution in [0.2, 0.25) is 12.6 Å². The van der Waals surface area contributed by atoms with Crippen LogP contribution in [-0.4, -0.2) is 37.5 Å². The van der Waals surface area contributed by atoms with Gasteiger partial charge in [0.05, 0.1) is 0 Å². The Morgan fingerprint density at radius 2 is 1.75 bits per heavy atom. The summed E-state index contributed by atoms with van der Waals surface area (Å²) < 4.78 is 6.05. The maximum atomic E-state index is 6.05. The van der Waals surface area contributed by atoms with E-state index in [0.29, 0.717) is 0 Å². The van der Waals surface area contributed by atoms with Crippen molar-refractivity contribution in [1.82, 2.24) is 0 Å². The third-order valence-corrected chi connectivity index (χ3v) is 5.86. The molecule has 0 saturated heterocycles. The van der Waals surface area contributed by atoms with Gasteiger partial charge in [0.1, 0.15) is 0 Å². The predicted octanol–water partition coefficient (Wildman–Crippen LogP) is -0.649. The van der Waals surface area contributed by atoms with Gasteiger partial charge in [0, 0.05) is 6.10 Å². The van der Waals surface area contributed by atoms with Crippen LogP contribution in [0.1, 0.15) is 13.8 Å². The van der Waals surface area contributed by atoms with E-state index in [1.165, 1.54) is 5.19 Å². The quantitative estimate of drug-likeness (QED) is 0.395. The second-order valence-corrected chi connectivity index (χ2v) is 7.79. The molecule has 0 aromatic heterocycles. The molecule has 0 spiro atoms. The molecule has 86 valence electrons. The first-order valence-corrected chi connectivity index (χ1v) is 7.72. The minimum Gasteiger partial charge on any atom is -1.00 e. The van der Waals surface area contributed by atoms with Gasteiger partial charge in [-0.15, -0.1) is 0 Å². The summed E-state index contributed by atoms with van der Waals surface area (Å²) in [5, 5.41) is 1.34. The summed E-state index contributed by atoms with van der Waals surface area (Å²) >= 11 is 0. The Bertz CT molecular complexity index is 282. The van der Waals surface area contributed by atoms with Crippen LogP contribution in [0.3, 0.4) is 0 Å². The smallest absolute Gasteiger partial charge is 1.00 e. The van der Waals surface area contributed by atoms with Crippen molar-refractivity contribution < 1.29 is 28.4 Å². The average molecular weight is 359 g/mol. The van der Waals surface area contributed by atoms with Gasteiger partial charge in [-0.05, 0) is 25.6 Å². The normalized spacial score (nSPS) is 13.6. The van der Waals surface area contributed by atoms with Gasteiger partial charge < -0.3 is 35.3 Å². The van der Waals surface area contributed by atoms with E-state index in [-0.39, 0.29) is 53.1 Å². The van der Waals surface area contributed by atoms with Crippen molar-refractivity contribution in [2.24, 2.45) is 0 Å². The molecule has 0 aliphatic heterocycles. The molecule has 0 radical (unpaired) electrons. The van der Waals surface area contributed by atoms with Gasteiger partial charge >= 0.3 is 23.1 Å². The van der Waals surface area contributed by atoms with Gasteiger partial charge in [0.25, 0.3) is 0 Å². The fourth-order valence-corrected chi connectivity index (χ4v) is 4.06. The molecule has 1 unspecified atom stereocenters. The van der Waals surface area contributed by atoms with Crippen LogP contribution in [0.4, 0.5) is 0 Å². The molecule has 0 N–H and O–H groups in total. The molecule has 0 aliphatic rings. The van der Waals surface area contributed by atoms with Crippen molar-refractivity contribution in [3.8, 4) is 0 Å². The Morgan fingerprint density at radius 3 is 2.12 bits per heavy atom. The molecule has 1 nitrogen and oxygen atoms in total. The maximum Gasteiger partial charge on any atom is 2.00 e. The van der Waals surface area contributed by atoms with E-state index in [1.54, 1.807) is 0 Å². The molecule has 1 aromatic rings. The minimum absolute atomic E-state index is 0. The summed E-state index contributed by atoms with van der Waals surface area (Å²) in [7, 11) is -1.77. The summed E-state index contributed by atoms with van der Waals surface area (Å²) in [4.78, 5) is 0. The van der Waals surface area contributed by atoms with Crippen LogP contribution >= 0.6 is 0 Å². The minimum atomic E-state index is -1.77. The molecule has 16 heavy (non-hydrogen) atoms. The van der Waals surface area contributed by atoms with Crippen molar-refractivity contribution >= 4 is 36.6 Å². The van der Waals surface area contributed by atoms with Crippen molar-refractivity contribution in [3.63, 3.8) is 0 Å². The number of halogens is 1. The number of rotatable bonds is 4. The van der Waals surface area contributed by atoms with E-state index in [0.717, 1.165) is 6.04 Å². The van der Waals surface area contributed by atoms with Crippen LogP contribution < -0.4 is 29.2 Å². The first-order chi connectivity index (χ1) is 6.58. The summed E-state index contributed by atoms with van der Waals surface area (Å²) in [6.45, 7) is 10.4. The Kier molecular flexibility index (Phi) is 10.7. The Balaban J connectivity index is 0. The molecular formula is C12H19IMgOSi. The van der Waals surface area contributed by atoms with Gasteiger partial charge in [-0.2, -0.15) is 6.04 Å². The first kappa shape index (κ1) is 19.2. The van der Waals surface area contributed by atoms with E-state index < -0.39 is 8.32 Å². The monoisotopic (exact) mass is 358 g/mol. The topological polar surface area (TPSA) is 9.23 Å². The van der Waals surface area contributed by atoms with Gasteiger partial charge in [-0.25, -0.2) is 0 Å². The fraction of sp³-hybridized carbons (Fsp3) is 0.417. The largest absolute Gasteiger partial charge is 2.00 e. The van der Waals surface area contributed by atoms with E-state index in [4.69, 9.17) is 4.43 Å². The second kappa shape index (κ2) is 8.91. The van der Waals surface area contributed by atoms with Crippen molar-refractivity contribution in [2.45, 2.75) is 32.5 Å². The molecule has 1 aromatic carbocycles. The van der Waals surface area contributed by atoms with Crippen LogP contribution in [0.5, 0.6) is 0 Å². The zero-order valence-electron chi connectivity index (χ0n) is 10.4. The van der Waals surface area contributed by atoms with Crippen molar-refractivity contribution in [3.05, 3.63) is 37.3 Å². The van der Waals surface area contributed by atoms with E-state index in [2.05, 4.69) is 51.6 Å². The molecule has 0 amide bonds. The number of benzene rings is 1. The van der Waals surface area contributed by atoms with Crippen LogP contribution in [0, 0.1) is 6.92 Å². The maximum absolute atomic E-state index is 6.05. The molecule has 0 heterocycles. The Labute approximate surface area is 134 Å². The van der Waals surface area contributed by atoms with Crippen LogP contribution in [0.25, 0.3) is 0 Å². The van der Waals surface area contributed by atoms with Gasteiger partial charge in [0.2, 0.25) is 0 Å². The van der Waals surface area contributed by atoms with E-state index in [9.17, 15) is 0 Å². The van der Waals surface area contributed by atoms with E-state index in [1.807, 2.05) is 6.07 Å². The first-order valence-electron chi connectivity index (χ1n) is 5.11. The fourth-order valence-electron chi connectivity index (χ4n) is 1.58. The summed E-state index contributed by atoms with van der Waals surface area (Å²) in [6.07, 6.45) is 0.286. The Morgan fingerprint density at radius 1 is 1.25 bits per heavy atom. The standard InChI is InChI=1S/C12H19OSi.HI.Mg/c1-5-14(4,13-11(2)3)12-9-7-6-8-10-12;;/h6-11H,1,5H2,2-4H3;1H;/q-1;;+2/p-1. The zero-order chi connectivity index (χ0) is 10.6. The number of hydrogen-bond donors (Lipinski definition) is 0. The van der Waals surface area contributed by atoms with Gasteiger partial charge in [0.15, 0.2) is 8.32 Å².